The van der Waals surface area contributed by atoms with Crippen LogP contribution in [0, 0.1) is 5.92 Å². The summed E-state index contributed by atoms with van der Waals surface area (Å²) in [6, 6.07) is 0. The number of carbonyl (C=O) groups is 1. The molecule has 82 valence electrons. The smallest absolute Gasteiger partial charge is 0.225 e. The Morgan fingerprint density at radius 1 is 1.64 bits per heavy atom. The van der Waals surface area contributed by atoms with Crippen LogP contribution in [0.2, 0.25) is 0 Å². The molecule has 1 amide bonds. The second kappa shape index (κ2) is 5.35. The number of nitrogens with zero attached hydrogens (tertiary/aromatic N) is 1. The van der Waals surface area contributed by atoms with Gasteiger partial charge in [-0.1, -0.05) is 26.7 Å². The van der Waals surface area contributed by atoms with Crippen LogP contribution < -0.4 is 0 Å². The van der Waals surface area contributed by atoms with Gasteiger partial charge in [-0.3, -0.25) is 4.79 Å². The Hall–Kier alpha value is -0.570. The minimum absolute atomic E-state index is 0.125. The summed E-state index contributed by atoms with van der Waals surface area (Å²) in [6.07, 6.45) is 3.68. The van der Waals surface area contributed by atoms with Crippen molar-refractivity contribution in [3.05, 3.63) is 0 Å². The van der Waals surface area contributed by atoms with E-state index < -0.39 is 0 Å². The predicted octanol–water partition coefficient (Wildman–Crippen LogP) is 1.41. The number of likely N-dealkylation sites (tertiary alicyclic amines) is 1. The van der Waals surface area contributed by atoms with E-state index in [0.29, 0.717) is 6.54 Å². The van der Waals surface area contributed by atoms with Crippen molar-refractivity contribution in [3.8, 4) is 0 Å². The highest BCUT2D eigenvalue weighted by Crippen LogP contribution is 2.16. The molecule has 0 bridgehead atoms. The zero-order valence-electron chi connectivity index (χ0n) is 9.20. The summed E-state index contributed by atoms with van der Waals surface area (Å²) in [4.78, 5) is 13.6. The van der Waals surface area contributed by atoms with Crippen LogP contribution in [0.5, 0.6) is 0 Å². The quantitative estimate of drug-likeness (QED) is 0.743. The summed E-state index contributed by atoms with van der Waals surface area (Å²) in [5.41, 5.74) is 0. The van der Waals surface area contributed by atoms with Crippen molar-refractivity contribution in [1.82, 2.24) is 4.90 Å². The lowest BCUT2D eigenvalue weighted by molar-refractivity contribution is -0.134. The van der Waals surface area contributed by atoms with Crippen molar-refractivity contribution in [2.75, 3.05) is 13.1 Å². The van der Waals surface area contributed by atoms with Gasteiger partial charge in [-0.2, -0.15) is 0 Å². The Kier molecular flexibility index (Phi) is 4.39. The van der Waals surface area contributed by atoms with Crippen LogP contribution in [0.25, 0.3) is 0 Å². The van der Waals surface area contributed by atoms with Crippen LogP contribution >= 0.6 is 0 Å². The van der Waals surface area contributed by atoms with Crippen LogP contribution in [0.3, 0.4) is 0 Å². The average molecular weight is 199 g/mol. The third kappa shape index (κ3) is 2.98. The summed E-state index contributed by atoms with van der Waals surface area (Å²) in [6.45, 7) is 5.39. The number of rotatable bonds is 4. The van der Waals surface area contributed by atoms with Gasteiger partial charge in [-0.15, -0.1) is 0 Å². The first-order valence-corrected chi connectivity index (χ1v) is 5.62. The second-order valence-electron chi connectivity index (χ2n) is 4.27. The minimum atomic E-state index is -0.294. The van der Waals surface area contributed by atoms with E-state index in [-0.39, 0.29) is 17.9 Å². The topological polar surface area (TPSA) is 40.5 Å². The number of hydrogen-bond donors (Lipinski definition) is 1. The lowest BCUT2D eigenvalue weighted by Crippen LogP contribution is -2.33. The molecular formula is C11H21NO2. The van der Waals surface area contributed by atoms with Gasteiger partial charge in [0.15, 0.2) is 0 Å². The molecule has 2 atom stereocenters. The van der Waals surface area contributed by atoms with E-state index in [2.05, 4.69) is 6.92 Å². The lowest BCUT2D eigenvalue weighted by atomic mass is 10.0. The zero-order chi connectivity index (χ0) is 10.6. The molecule has 3 nitrogen and oxygen atoms in total. The van der Waals surface area contributed by atoms with E-state index in [1.54, 1.807) is 4.90 Å². The molecule has 0 aromatic heterocycles. The summed E-state index contributed by atoms with van der Waals surface area (Å²) < 4.78 is 0. The predicted molar refractivity (Wildman–Crippen MR) is 55.9 cm³/mol. The maximum Gasteiger partial charge on any atom is 0.225 e. The first-order valence-electron chi connectivity index (χ1n) is 5.62. The summed E-state index contributed by atoms with van der Waals surface area (Å²) >= 11 is 0. The van der Waals surface area contributed by atoms with Crippen molar-refractivity contribution in [2.24, 2.45) is 5.92 Å². The van der Waals surface area contributed by atoms with Crippen molar-refractivity contribution in [2.45, 2.75) is 45.6 Å². The molecule has 1 aliphatic rings. The van der Waals surface area contributed by atoms with Crippen LogP contribution in [-0.2, 0) is 4.79 Å². The van der Waals surface area contributed by atoms with E-state index in [1.165, 1.54) is 0 Å². The van der Waals surface area contributed by atoms with Gasteiger partial charge in [-0.05, 0) is 12.8 Å². The zero-order valence-corrected chi connectivity index (χ0v) is 9.20. The molecule has 1 aliphatic heterocycles. The first kappa shape index (κ1) is 11.5. The molecule has 1 N–H and O–H groups in total. The molecule has 3 heteroatoms. The van der Waals surface area contributed by atoms with Crippen molar-refractivity contribution < 1.29 is 9.90 Å². The molecule has 1 saturated heterocycles. The molecule has 0 aromatic carbocycles. The highest BCUT2D eigenvalue weighted by Gasteiger charge is 2.27. The monoisotopic (exact) mass is 199 g/mol. The van der Waals surface area contributed by atoms with Gasteiger partial charge >= 0.3 is 0 Å². The van der Waals surface area contributed by atoms with Crippen LogP contribution in [0.1, 0.15) is 39.5 Å². The second-order valence-corrected chi connectivity index (χ2v) is 4.27. The molecule has 0 saturated carbocycles. The minimum Gasteiger partial charge on any atom is -0.391 e. The van der Waals surface area contributed by atoms with Gasteiger partial charge < -0.3 is 10.0 Å². The van der Waals surface area contributed by atoms with Gasteiger partial charge in [0.1, 0.15) is 0 Å². The summed E-state index contributed by atoms with van der Waals surface area (Å²) in [5, 5.41) is 9.31. The Balaban J connectivity index is 2.32. The number of β-amino-alcohol motifs (C(OH)–C–C–N with tert-alkyl or cyclic N) is 1. The normalized spacial score (nSPS) is 23.9. The van der Waals surface area contributed by atoms with Crippen LogP contribution in [0.4, 0.5) is 0 Å². The van der Waals surface area contributed by atoms with Crippen LogP contribution in [0.15, 0.2) is 0 Å². The molecule has 0 aliphatic carbocycles. The lowest BCUT2D eigenvalue weighted by Gasteiger charge is -2.20. The van der Waals surface area contributed by atoms with Gasteiger partial charge in [0.05, 0.1) is 6.10 Å². The Morgan fingerprint density at radius 3 is 2.86 bits per heavy atom. The maximum atomic E-state index is 11.8. The Bertz CT molecular complexity index is 194. The SMILES string of the molecule is CCCCC(C)C(=O)N1CC[C@H](O)C1. The maximum absolute atomic E-state index is 11.8. The first-order chi connectivity index (χ1) is 6.65. The molecule has 0 radical (unpaired) electrons. The molecule has 14 heavy (non-hydrogen) atoms. The van der Waals surface area contributed by atoms with E-state index >= 15 is 0 Å². The number of aliphatic hydroxyl groups is 1. The van der Waals surface area contributed by atoms with Gasteiger partial charge in [0.2, 0.25) is 5.91 Å². The average Bonchev–Trinajstić information content (AvgIpc) is 2.60. The molecule has 0 aromatic rings. The number of amides is 1. The largest absolute Gasteiger partial charge is 0.391 e. The van der Waals surface area contributed by atoms with Gasteiger partial charge in [0.25, 0.3) is 0 Å². The fourth-order valence-corrected chi connectivity index (χ4v) is 1.89. The Labute approximate surface area is 86.1 Å². The van der Waals surface area contributed by atoms with Crippen molar-refractivity contribution in [3.63, 3.8) is 0 Å². The van der Waals surface area contributed by atoms with Crippen molar-refractivity contribution >= 4 is 5.91 Å². The molecule has 0 spiro atoms. The summed E-state index contributed by atoms with van der Waals surface area (Å²) in [5.74, 6) is 0.343. The molecule has 1 rings (SSSR count). The van der Waals surface area contributed by atoms with Gasteiger partial charge in [-0.25, -0.2) is 0 Å². The van der Waals surface area contributed by atoms with E-state index in [1.807, 2.05) is 6.92 Å². The van der Waals surface area contributed by atoms with E-state index in [0.717, 1.165) is 32.2 Å². The summed E-state index contributed by atoms with van der Waals surface area (Å²) in [7, 11) is 0. The molecule has 1 fully saturated rings. The highest BCUT2D eigenvalue weighted by atomic mass is 16.3. The fourth-order valence-electron chi connectivity index (χ4n) is 1.89. The number of aliphatic hydroxyl groups excluding tert-OH is 1. The van der Waals surface area contributed by atoms with E-state index in [4.69, 9.17) is 0 Å². The van der Waals surface area contributed by atoms with Gasteiger partial charge in [0, 0.05) is 19.0 Å². The number of unbranched alkanes of at least 4 members (excludes halogenated alkanes) is 1. The number of hydrogen-bond acceptors (Lipinski definition) is 2. The Morgan fingerprint density at radius 2 is 2.36 bits per heavy atom. The standard InChI is InChI=1S/C11H21NO2/c1-3-4-5-9(2)11(14)12-7-6-10(13)8-12/h9-10,13H,3-8H2,1-2H3/t9?,10-/m0/s1. The number of carbonyl (C=O) groups excluding carboxylic acids is 1. The molecule has 1 unspecified atom stereocenters. The van der Waals surface area contributed by atoms with Crippen LogP contribution in [-0.4, -0.2) is 35.1 Å². The van der Waals surface area contributed by atoms with E-state index in [9.17, 15) is 9.90 Å². The fraction of sp³-hybridized carbons (Fsp3) is 0.909. The highest BCUT2D eigenvalue weighted by molar-refractivity contribution is 5.78. The molecular weight excluding hydrogens is 178 g/mol. The van der Waals surface area contributed by atoms with Crippen molar-refractivity contribution in [1.29, 1.82) is 0 Å². The third-order valence-corrected chi connectivity index (χ3v) is 2.89. The third-order valence-electron chi connectivity index (χ3n) is 2.89. The molecule has 1 heterocycles.